The van der Waals surface area contributed by atoms with E-state index >= 15 is 0 Å². The molecule has 3 rings (SSSR count). The van der Waals surface area contributed by atoms with Crippen LogP contribution >= 0.6 is 0 Å². The lowest BCUT2D eigenvalue weighted by Gasteiger charge is -2.09. The summed E-state index contributed by atoms with van der Waals surface area (Å²) >= 11 is 0. The van der Waals surface area contributed by atoms with Gasteiger partial charge in [0.05, 0.1) is 12.0 Å². The highest BCUT2D eigenvalue weighted by molar-refractivity contribution is 5.79. The van der Waals surface area contributed by atoms with E-state index in [2.05, 4.69) is 31.8 Å². The molecule has 3 aromatic rings. The Kier molecular flexibility index (Phi) is 7.17. The summed E-state index contributed by atoms with van der Waals surface area (Å²) in [5.41, 5.74) is 2.21. The van der Waals surface area contributed by atoms with E-state index in [-0.39, 0.29) is 18.0 Å². The maximum atomic E-state index is 13.0. The average molecular weight is 454 g/mol. The van der Waals surface area contributed by atoms with Crippen molar-refractivity contribution in [2.75, 3.05) is 0 Å². The molecule has 0 atom stereocenters. The molecule has 170 valence electrons. The van der Waals surface area contributed by atoms with Crippen LogP contribution in [-0.4, -0.2) is 30.4 Å². The Balaban J connectivity index is 1.66. The average Bonchev–Trinajstić information content (AvgIpc) is 3.14. The highest BCUT2D eigenvalue weighted by Crippen LogP contribution is 2.30. The van der Waals surface area contributed by atoms with Crippen molar-refractivity contribution in [3.63, 3.8) is 0 Å². The van der Waals surface area contributed by atoms with Gasteiger partial charge < -0.3 is 9.88 Å². The third-order valence-electron chi connectivity index (χ3n) is 4.71. The van der Waals surface area contributed by atoms with Crippen LogP contribution in [0.25, 0.3) is 16.8 Å². The van der Waals surface area contributed by atoms with Crippen molar-refractivity contribution in [2.45, 2.75) is 26.6 Å². The number of carbonyl (C=O) groups excluding carboxylic acids is 1. The quantitative estimate of drug-likeness (QED) is 0.537. The molecule has 0 saturated carbocycles. The van der Waals surface area contributed by atoms with Crippen molar-refractivity contribution in [1.29, 1.82) is 0 Å². The van der Waals surface area contributed by atoms with Gasteiger partial charge >= 0.3 is 6.18 Å². The monoisotopic (exact) mass is 454 g/mol. The normalized spacial score (nSPS) is 12.2. The van der Waals surface area contributed by atoms with Crippen molar-refractivity contribution in [3.05, 3.63) is 90.8 Å². The minimum atomic E-state index is -4.55. The van der Waals surface area contributed by atoms with Crippen molar-refractivity contribution >= 4 is 11.5 Å². The molecule has 0 saturated heterocycles. The van der Waals surface area contributed by atoms with Crippen LogP contribution in [0.5, 0.6) is 0 Å². The SMILES string of the molecule is C=C(/C=C\C(=C/C)c1cncnc1)NC(=O)Cn1cnc(-c2ccnc(C(F)(F)F)c2)c1C. The Morgan fingerprint density at radius 2 is 1.94 bits per heavy atom. The number of amides is 1. The van der Waals surface area contributed by atoms with Gasteiger partial charge in [-0.15, -0.1) is 0 Å². The van der Waals surface area contributed by atoms with Gasteiger partial charge in [-0.05, 0) is 37.6 Å². The molecule has 1 N–H and O–H groups in total. The number of aromatic nitrogens is 5. The molecule has 0 aromatic carbocycles. The predicted octanol–water partition coefficient (Wildman–Crippen LogP) is 4.35. The number of halogens is 3. The lowest BCUT2D eigenvalue weighted by Crippen LogP contribution is -2.26. The molecule has 0 aliphatic rings. The molecule has 0 unspecified atom stereocenters. The summed E-state index contributed by atoms with van der Waals surface area (Å²) in [7, 11) is 0. The molecule has 7 nitrogen and oxygen atoms in total. The first-order valence-electron chi connectivity index (χ1n) is 9.83. The summed E-state index contributed by atoms with van der Waals surface area (Å²) in [6, 6.07) is 2.38. The number of hydrogen-bond acceptors (Lipinski definition) is 5. The number of rotatable bonds is 7. The Labute approximate surface area is 188 Å². The van der Waals surface area contributed by atoms with Crippen molar-refractivity contribution in [1.82, 2.24) is 29.8 Å². The zero-order valence-electron chi connectivity index (χ0n) is 18.0. The molecule has 10 heteroatoms. The summed E-state index contributed by atoms with van der Waals surface area (Å²) in [4.78, 5) is 27.9. The summed E-state index contributed by atoms with van der Waals surface area (Å²) < 4.78 is 40.4. The lowest BCUT2D eigenvalue weighted by atomic mass is 10.1. The predicted molar refractivity (Wildman–Crippen MR) is 117 cm³/mol. The number of hydrogen-bond donors (Lipinski definition) is 1. The standard InChI is InChI=1S/C23H21F3N6O/c1-4-17(19-10-27-13-28-11-19)6-5-15(2)31-21(33)12-32-14-30-22(16(32)3)18-7-8-29-20(9-18)23(24,25)26/h4-11,13-14H,2,12H2,1,3H3,(H,31,33)/b6-5-,17-4+. The van der Waals surface area contributed by atoms with E-state index in [1.807, 2.05) is 13.0 Å². The van der Waals surface area contributed by atoms with E-state index in [0.29, 0.717) is 17.1 Å². The fourth-order valence-corrected chi connectivity index (χ4v) is 3.03. The minimum Gasteiger partial charge on any atom is -0.325 e. The Hall–Kier alpha value is -4.08. The van der Waals surface area contributed by atoms with Crippen LogP contribution in [0.3, 0.4) is 0 Å². The Morgan fingerprint density at radius 3 is 2.61 bits per heavy atom. The maximum Gasteiger partial charge on any atom is 0.433 e. The molecule has 0 aliphatic carbocycles. The van der Waals surface area contributed by atoms with E-state index in [0.717, 1.165) is 23.4 Å². The van der Waals surface area contributed by atoms with Gasteiger partial charge in [-0.2, -0.15) is 13.2 Å². The van der Waals surface area contributed by atoms with Gasteiger partial charge in [0.1, 0.15) is 18.6 Å². The van der Waals surface area contributed by atoms with Crippen LogP contribution in [0.15, 0.2) is 73.9 Å². The van der Waals surface area contributed by atoms with Crippen LogP contribution in [0.2, 0.25) is 0 Å². The minimum absolute atomic E-state index is 0.0775. The molecule has 0 bridgehead atoms. The number of pyridine rings is 1. The molecule has 1 amide bonds. The molecule has 0 radical (unpaired) electrons. The molecule has 0 spiro atoms. The van der Waals surface area contributed by atoms with E-state index in [1.54, 1.807) is 36.0 Å². The zero-order chi connectivity index (χ0) is 24.0. The molecule has 33 heavy (non-hydrogen) atoms. The number of carbonyl (C=O) groups is 1. The number of nitrogens with zero attached hydrogens (tertiary/aromatic N) is 5. The first kappa shape index (κ1) is 23.6. The first-order valence-corrected chi connectivity index (χ1v) is 9.83. The third-order valence-corrected chi connectivity index (χ3v) is 4.71. The number of nitrogens with one attached hydrogen (secondary N) is 1. The number of imidazole rings is 1. The Bertz CT molecular complexity index is 1210. The first-order chi connectivity index (χ1) is 15.7. The zero-order valence-corrected chi connectivity index (χ0v) is 18.0. The van der Waals surface area contributed by atoms with Gasteiger partial charge in [0.25, 0.3) is 0 Å². The second-order valence-corrected chi connectivity index (χ2v) is 7.01. The van der Waals surface area contributed by atoms with Crippen molar-refractivity contribution in [2.24, 2.45) is 0 Å². The van der Waals surface area contributed by atoms with E-state index < -0.39 is 11.9 Å². The third kappa shape index (κ3) is 6.00. The lowest BCUT2D eigenvalue weighted by molar-refractivity contribution is -0.141. The van der Waals surface area contributed by atoms with Crippen molar-refractivity contribution < 1.29 is 18.0 Å². The fraction of sp³-hybridized carbons (Fsp3) is 0.174. The van der Waals surface area contributed by atoms with Gasteiger partial charge in [0.15, 0.2) is 0 Å². The topological polar surface area (TPSA) is 85.6 Å². The second kappa shape index (κ2) is 10.0. The van der Waals surface area contributed by atoms with Crippen LogP contribution in [0, 0.1) is 6.92 Å². The second-order valence-electron chi connectivity index (χ2n) is 7.01. The van der Waals surface area contributed by atoms with Crippen molar-refractivity contribution in [3.8, 4) is 11.3 Å². The smallest absolute Gasteiger partial charge is 0.325 e. The van der Waals surface area contributed by atoms with Crippen LogP contribution in [-0.2, 0) is 17.5 Å². The number of allylic oxidation sites excluding steroid dienone is 4. The molecule has 3 heterocycles. The Morgan fingerprint density at radius 1 is 1.21 bits per heavy atom. The highest BCUT2D eigenvalue weighted by Gasteiger charge is 2.32. The van der Waals surface area contributed by atoms with Crippen LogP contribution < -0.4 is 5.32 Å². The van der Waals surface area contributed by atoms with Gasteiger partial charge in [0, 0.05) is 41.1 Å². The van der Waals surface area contributed by atoms with Gasteiger partial charge in [-0.3, -0.25) is 9.78 Å². The summed E-state index contributed by atoms with van der Waals surface area (Å²) in [5, 5.41) is 2.68. The van der Waals surface area contributed by atoms with E-state index in [9.17, 15) is 18.0 Å². The summed E-state index contributed by atoms with van der Waals surface area (Å²) in [6.45, 7) is 7.30. The highest BCUT2D eigenvalue weighted by atomic mass is 19.4. The molecular formula is C23H21F3N6O. The maximum absolute atomic E-state index is 13.0. The molecule has 3 aromatic heterocycles. The van der Waals surface area contributed by atoms with E-state index in [1.165, 1.54) is 18.7 Å². The molecule has 0 fully saturated rings. The van der Waals surface area contributed by atoms with Gasteiger partial charge in [-0.1, -0.05) is 18.7 Å². The van der Waals surface area contributed by atoms with Crippen LogP contribution in [0.4, 0.5) is 13.2 Å². The number of alkyl halides is 3. The summed E-state index contributed by atoms with van der Waals surface area (Å²) in [6.07, 6.45) is 8.04. The largest absolute Gasteiger partial charge is 0.433 e. The van der Waals surface area contributed by atoms with Gasteiger partial charge in [0.2, 0.25) is 5.91 Å². The molecule has 0 aliphatic heterocycles. The fourth-order valence-electron chi connectivity index (χ4n) is 3.03. The van der Waals surface area contributed by atoms with Gasteiger partial charge in [-0.25, -0.2) is 15.0 Å². The van der Waals surface area contributed by atoms with E-state index in [4.69, 9.17) is 0 Å². The summed E-state index contributed by atoms with van der Waals surface area (Å²) in [5.74, 6) is -0.354. The molecular weight excluding hydrogens is 433 g/mol. The van der Waals surface area contributed by atoms with Crippen LogP contribution in [0.1, 0.15) is 23.9 Å².